The minimum absolute atomic E-state index is 0. The van der Waals surface area contributed by atoms with Crippen LogP contribution in [0.1, 0.15) is 102 Å². The number of hydrogen-bond donors (Lipinski definition) is 3. The van der Waals surface area contributed by atoms with Crippen molar-refractivity contribution in [3.63, 3.8) is 0 Å². The molecule has 2 aromatic carbocycles. The van der Waals surface area contributed by atoms with Crippen molar-refractivity contribution in [2.45, 2.75) is 90.4 Å². The summed E-state index contributed by atoms with van der Waals surface area (Å²) in [5, 5.41) is 0. The van der Waals surface area contributed by atoms with Gasteiger partial charge in [-0.1, -0.05) is 70.2 Å². The van der Waals surface area contributed by atoms with Crippen LogP contribution < -0.4 is 41.0 Å². The van der Waals surface area contributed by atoms with E-state index in [4.69, 9.17) is 16.0 Å². The third kappa shape index (κ3) is 14.9. The van der Waals surface area contributed by atoms with Gasteiger partial charge in [0.25, 0.3) is 10.1 Å². The van der Waals surface area contributed by atoms with E-state index in [0.29, 0.717) is 0 Å². The molecule has 2 saturated carbocycles. The van der Waals surface area contributed by atoms with Gasteiger partial charge in [0, 0.05) is 11.4 Å². The number of anilines is 2. The monoisotopic (exact) mass is 516 g/mol. The Bertz CT molecular complexity index is 819. The van der Waals surface area contributed by atoms with Crippen molar-refractivity contribution >= 4 is 21.5 Å². The molecule has 2 fully saturated rings. The van der Waals surface area contributed by atoms with Crippen LogP contribution in [0.25, 0.3) is 0 Å². The minimum Gasteiger partial charge on any atom is -0.870 e. The number of benzene rings is 2. The van der Waals surface area contributed by atoms with Crippen molar-refractivity contribution in [1.82, 2.24) is 0 Å². The first-order valence-electron chi connectivity index (χ1n) is 11.9. The molecule has 6 N–H and O–H groups in total. The Hall–Kier alpha value is -1.09. The Kier molecular flexibility index (Phi) is 19.7. The third-order valence-electron chi connectivity index (χ3n) is 6.39. The third-order valence-corrected chi connectivity index (χ3v) is 7.12. The van der Waals surface area contributed by atoms with Gasteiger partial charge in [-0.2, -0.15) is 8.42 Å². The molecular formula is C27H45N2NaO4S. The van der Waals surface area contributed by atoms with E-state index in [9.17, 15) is 8.42 Å². The summed E-state index contributed by atoms with van der Waals surface area (Å²) in [4.78, 5) is 0. The maximum Gasteiger partial charge on any atom is 1.00 e. The SMILES string of the molecule is C.CCS(=O)(=O)O.Nc1ccc(C2CCCCC2)cc1.Nc1ccc(C2CCCCC2)cc1.[Na+].[OH-]. The second-order valence-corrected chi connectivity index (χ2v) is 10.6. The summed E-state index contributed by atoms with van der Waals surface area (Å²) < 4.78 is 26.9. The molecule has 0 aliphatic heterocycles. The number of rotatable bonds is 3. The molecule has 0 radical (unpaired) electrons. The first-order valence-corrected chi connectivity index (χ1v) is 13.6. The van der Waals surface area contributed by atoms with Crippen molar-refractivity contribution in [1.29, 1.82) is 0 Å². The van der Waals surface area contributed by atoms with Gasteiger partial charge in [-0.05, 0) is 79.8 Å². The summed E-state index contributed by atoms with van der Waals surface area (Å²) in [7, 11) is -3.66. The fraction of sp³-hybridized carbons (Fsp3) is 0.556. The van der Waals surface area contributed by atoms with Gasteiger partial charge in [0.05, 0.1) is 5.75 Å². The fourth-order valence-electron chi connectivity index (χ4n) is 4.41. The molecule has 0 aromatic heterocycles. The van der Waals surface area contributed by atoms with Crippen molar-refractivity contribution < 1.29 is 48.0 Å². The summed E-state index contributed by atoms with van der Waals surface area (Å²) in [5.41, 5.74) is 16.0. The predicted molar refractivity (Wildman–Crippen MR) is 144 cm³/mol. The standard InChI is InChI=1S/2C12H17N.C2H6O3S.CH4.Na.H2O/c2*13-12-8-6-11(7-9-12)10-4-2-1-3-5-10;1-2-6(3,4)5;;;/h2*6-10H,1-5,13H2;2H2,1H3,(H,3,4,5);1H4;;1H2/q;;;;+1;/p-1. The van der Waals surface area contributed by atoms with E-state index in [2.05, 4.69) is 24.3 Å². The largest absolute Gasteiger partial charge is 1.00 e. The van der Waals surface area contributed by atoms with Crippen LogP contribution in [0.4, 0.5) is 11.4 Å². The quantitative estimate of drug-likeness (QED) is 0.320. The molecule has 0 bridgehead atoms. The molecule has 0 unspecified atom stereocenters. The van der Waals surface area contributed by atoms with Crippen LogP contribution in [0, 0.1) is 0 Å². The zero-order chi connectivity index (χ0) is 23.4. The molecule has 0 saturated heterocycles. The summed E-state index contributed by atoms with van der Waals surface area (Å²) >= 11 is 0. The molecule has 2 aliphatic rings. The van der Waals surface area contributed by atoms with E-state index < -0.39 is 10.1 Å². The van der Waals surface area contributed by atoms with Crippen molar-refractivity contribution in [3.05, 3.63) is 59.7 Å². The number of nitrogens with two attached hydrogens (primary N) is 2. The molecular weight excluding hydrogens is 471 g/mol. The average Bonchev–Trinajstić information content (AvgIpc) is 2.82. The van der Waals surface area contributed by atoms with E-state index in [1.54, 1.807) is 0 Å². The first-order chi connectivity index (χ1) is 15.3. The van der Waals surface area contributed by atoms with Crippen LogP contribution in [-0.4, -0.2) is 24.2 Å². The van der Waals surface area contributed by atoms with Crippen LogP contribution in [0.2, 0.25) is 0 Å². The van der Waals surface area contributed by atoms with E-state index in [1.165, 1.54) is 82.3 Å². The molecule has 2 aromatic rings. The molecule has 194 valence electrons. The summed E-state index contributed by atoms with van der Waals surface area (Å²) in [6.07, 6.45) is 13.9. The van der Waals surface area contributed by atoms with Gasteiger partial charge in [0.2, 0.25) is 0 Å². The van der Waals surface area contributed by atoms with Crippen molar-refractivity contribution in [2.75, 3.05) is 17.2 Å². The molecule has 8 heteroatoms. The van der Waals surface area contributed by atoms with Crippen LogP contribution in [0.3, 0.4) is 0 Å². The van der Waals surface area contributed by atoms with Gasteiger partial charge >= 0.3 is 29.6 Å². The van der Waals surface area contributed by atoms with Gasteiger partial charge in [-0.25, -0.2) is 0 Å². The molecule has 2 aliphatic carbocycles. The van der Waals surface area contributed by atoms with Crippen LogP contribution in [0.15, 0.2) is 48.5 Å². The number of hydrogen-bond acceptors (Lipinski definition) is 5. The summed E-state index contributed by atoms with van der Waals surface area (Å²) in [5.74, 6) is 1.40. The molecule has 0 heterocycles. The molecule has 4 rings (SSSR count). The molecule has 0 amide bonds. The van der Waals surface area contributed by atoms with Gasteiger partial charge in [0.1, 0.15) is 0 Å². The Labute approximate surface area is 235 Å². The predicted octanol–water partition coefficient (Wildman–Crippen LogP) is 3.99. The second kappa shape index (κ2) is 19.1. The first kappa shape index (κ1) is 36.1. The van der Waals surface area contributed by atoms with Crippen molar-refractivity contribution in [2.24, 2.45) is 0 Å². The fourth-order valence-corrected chi connectivity index (χ4v) is 4.41. The number of nitrogen functional groups attached to an aromatic ring is 2. The van der Waals surface area contributed by atoms with E-state index in [0.717, 1.165) is 23.2 Å². The summed E-state index contributed by atoms with van der Waals surface area (Å²) in [6.45, 7) is 1.37. The average molecular weight is 517 g/mol. The van der Waals surface area contributed by atoms with E-state index in [-0.39, 0.29) is 48.2 Å². The van der Waals surface area contributed by atoms with Crippen LogP contribution >= 0.6 is 0 Å². The van der Waals surface area contributed by atoms with E-state index in [1.807, 2.05) is 24.3 Å². The molecule has 35 heavy (non-hydrogen) atoms. The maximum atomic E-state index is 9.56. The smallest absolute Gasteiger partial charge is 0.870 e. The van der Waals surface area contributed by atoms with Gasteiger partial charge < -0.3 is 16.9 Å². The Morgan fingerprint density at radius 1 is 0.714 bits per heavy atom. The zero-order valence-corrected chi connectivity index (χ0v) is 23.6. The van der Waals surface area contributed by atoms with Crippen LogP contribution in [-0.2, 0) is 10.1 Å². The van der Waals surface area contributed by atoms with Gasteiger partial charge in [0.15, 0.2) is 0 Å². The van der Waals surface area contributed by atoms with Crippen molar-refractivity contribution in [3.8, 4) is 0 Å². The molecule has 6 nitrogen and oxygen atoms in total. The Morgan fingerprint density at radius 2 is 0.971 bits per heavy atom. The molecule has 0 atom stereocenters. The molecule has 0 spiro atoms. The van der Waals surface area contributed by atoms with Gasteiger partial charge in [-0.15, -0.1) is 0 Å². The van der Waals surface area contributed by atoms with Crippen LogP contribution in [0.5, 0.6) is 0 Å². The normalized spacial score (nSPS) is 15.9. The summed E-state index contributed by atoms with van der Waals surface area (Å²) in [6, 6.07) is 16.8. The Morgan fingerprint density at radius 3 is 1.20 bits per heavy atom. The Balaban J connectivity index is 0. The topological polar surface area (TPSA) is 136 Å². The zero-order valence-electron chi connectivity index (χ0n) is 20.8. The maximum absolute atomic E-state index is 9.56. The minimum atomic E-state index is -3.66. The van der Waals surface area contributed by atoms with Gasteiger partial charge in [-0.3, -0.25) is 4.55 Å². The second-order valence-electron chi connectivity index (χ2n) is 8.87. The van der Waals surface area contributed by atoms with E-state index >= 15 is 0 Å².